The molecule has 4 rings (SSSR count). The lowest BCUT2D eigenvalue weighted by atomic mass is 10.1. The van der Waals surface area contributed by atoms with Crippen LogP contribution in [0.15, 0.2) is 54.9 Å². The van der Waals surface area contributed by atoms with E-state index in [1.807, 2.05) is 24.3 Å². The van der Waals surface area contributed by atoms with E-state index in [0.29, 0.717) is 24.8 Å². The van der Waals surface area contributed by atoms with Gasteiger partial charge in [0, 0.05) is 37.9 Å². The van der Waals surface area contributed by atoms with Crippen LogP contribution in [0.25, 0.3) is 5.69 Å². The van der Waals surface area contributed by atoms with Crippen molar-refractivity contribution in [2.75, 3.05) is 33.4 Å². The Morgan fingerprint density at radius 3 is 2.78 bits per heavy atom. The molecule has 0 saturated carbocycles. The maximum atomic E-state index is 12.5. The van der Waals surface area contributed by atoms with E-state index in [9.17, 15) is 4.79 Å². The fraction of sp³-hybridized carbons (Fsp3) is 0.391. The Bertz CT molecular complexity index is 987. The second-order valence-corrected chi connectivity index (χ2v) is 7.80. The average molecular weight is 437 g/mol. The van der Waals surface area contributed by atoms with E-state index in [0.717, 1.165) is 49.6 Å². The summed E-state index contributed by atoms with van der Waals surface area (Å²) >= 11 is 0. The Balaban J connectivity index is 1.24. The minimum Gasteiger partial charge on any atom is -0.492 e. The first-order valence-electron chi connectivity index (χ1n) is 10.8. The molecule has 0 aliphatic carbocycles. The number of tetrazole rings is 1. The van der Waals surface area contributed by atoms with E-state index in [4.69, 9.17) is 9.47 Å². The third-order valence-corrected chi connectivity index (χ3v) is 5.62. The predicted molar refractivity (Wildman–Crippen MR) is 119 cm³/mol. The molecular weight excluding hydrogens is 408 g/mol. The van der Waals surface area contributed by atoms with Gasteiger partial charge >= 0.3 is 0 Å². The van der Waals surface area contributed by atoms with Crippen LogP contribution in [0.1, 0.15) is 28.8 Å². The average Bonchev–Trinajstić information content (AvgIpc) is 3.38. The highest BCUT2D eigenvalue weighted by Gasteiger charge is 2.18. The first-order chi connectivity index (χ1) is 15.7. The normalized spacial score (nSPS) is 14.4. The molecule has 9 nitrogen and oxygen atoms in total. The molecule has 168 valence electrons. The van der Waals surface area contributed by atoms with Gasteiger partial charge in [-0.05, 0) is 72.3 Å². The lowest BCUT2D eigenvalue weighted by Crippen LogP contribution is -2.38. The number of amides is 1. The first kappa shape index (κ1) is 21.9. The van der Waals surface area contributed by atoms with Gasteiger partial charge < -0.3 is 14.8 Å². The van der Waals surface area contributed by atoms with Gasteiger partial charge in [0.05, 0.1) is 5.69 Å². The number of benzene rings is 2. The van der Waals surface area contributed by atoms with E-state index < -0.39 is 0 Å². The summed E-state index contributed by atoms with van der Waals surface area (Å²) in [5.41, 5.74) is 2.35. The van der Waals surface area contributed by atoms with Gasteiger partial charge in [0.1, 0.15) is 18.7 Å². The summed E-state index contributed by atoms with van der Waals surface area (Å²) in [6.07, 6.45) is 3.66. The van der Waals surface area contributed by atoms with Crippen molar-refractivity contribution in [3.05, 3.63) is 66.0 Å². The maximum Gasteiger partial charge on any atom is 0.251 e. The zero-order valence-corrected chi connectivity index (χ0v) is 18.2. The summed E-state index contributed by atoms with van der Waals surface area (Å²) in [5, 5.41) is 14.0. The molecule has 0 unspecified atom stereocenters. The number of rotatable bonds is 9. The van der Waals surface area contributed by atoms with E-state index in [1.165, 1.54) is 11.0 Å². The summed E-state index contributed by atoms with van der Waals surface area (Å²) in [5.74, 6) is 0.667. The molecule has 0 atom stereocenters. The standard InChI is InChI=1S/C23H28N6O3/c1-28(20-9-12-31-13-10-20)11-14-32-22-4-2-3-18(15-22)16-24-23(30)19-5-7-21(8-6-19)29-17-25-26-27-29/h2-8,15,17,20H,9-14,16H2,1H3,(H,24,30). The van der Waals surface area contributed by atoms with Crippen LogP contribution in [-0.2, 0) is 11.3 Å². The van der Waals surface area contributed by atoms with E-state index in [-0.39, 0.29) is 5.91 Å². The van der Waals surface area contributed by atoms with E-state index in [1.54, 1.807) is 24.3 Å². The molecule has 32 heavy (non-hydrogen) atoms. The topological polar surface area (TPSA) is 94.4 Å². The fourth-order valence-corrected chi connectivity index (χ4v) is 3.69. The van der Waals surface area contributed by atoms with Crippen LogP contribution in [0.4, 0.5) is 0 Å². The van der Waals surface area contributed by atoms with Crippen LogP contribution in [-0.4, -0.2) is 70.5 Å². The van der Waals surface area contributed by atoms with Crippen LogP contribution in [0, 0.1) is 0 Å². The highest BCUT2D eigenvalue weighted by molar-refractivity contribution is 5.94. The van der Waals surface area contributed by atoms with Crippen molar-refractivity contribution in [2.24, 2.45) is 0 Å². The summed E-state index contributed by atoms with van der Waals surface area (Å²) in [6.45, 7) is 3.59. The molecule has 1 aliphatic rings. The minimum atomic E-state index is -0.141. The molecule has 0 spiro atoms. The van der Waals surface area contributed by atoms with Crippen molar-refractivity contribution in [1.82, 2.24) is 30.4 Å². The fourth-order valence-electron chi connectivity index (χ4n) is 3.69. The van der Waals surface area contributed by atoms with Gasteiger partial charge in [-0.1, -0.05) is 12.1 Å². The number of ether oxygens (including phenoxy) is 2. The summed E-state index contributed by atoms with van der Waals surface area (Å²) in [6, 6.07) is 15.5. The van der Waals surface area contributed by atoms with Crippen LogP contribution in [0.5, 0.6) is 5.75 Å². The smallest absolute Gasteiger partial charge is 0.251 e. The second kappa shape index (κ2) is 10.8. The molecule has 2 heterocycles. The van der Waals surface area contributed by atoms with Crippen molar-refractivity contribution >= 4 is 5.91 Å². The highest BCUT2D eigenvalue weighted by Crippen LogP contribution is 2.15. The van der Waals surface area contributed by atoms with Crippen LogP contribution >= 0.6 is 0 Å². The number of likely N-dealkylation sites (N-methyl/N-ethyl adjacent to an activating group) is 1. The van der Waals surface area contributed by atoms with Crippen molar-refractivity contribution in [1.29, 1.82) is 0 Å². The summed E-state index contributed by atoms with van der Waals surface area (Å²) < 4.78 is 12.9. The predicted octanol–water partition coefficient (Wildman–Crippen LogP) is 2.08. The number of hydrogen-bond acceptors (Lipinski definition) is 7. The van der Waals surface area contributed by atoms with Crippen LogP contribution in [0.2, 0.25) is 0 Å². The van der Waals surface area contributed by atoms with Crippen molar-refractivity contribution in [3.8, 4) is 11.4 Å². The number of aromatic nitrogens is 4. The zero-order chi connectivity index (χ0) is 22.2. The molecule has 3 aromatic rings. The molecule has 9 heteroatoms. The number of carbonyl (C=O) groups is 1. The molecule has 1 saturated heterocycles. The molecule has 1 aliphatic heterocycles. The van der Waals surface area contributed by atoms with Crippen molar-refractivity contribution < 1.29 is 14.3 Å². The molecule has 1 fully saturated rings. The molecule has 2 aromatic carbocycles. The van der Waals surface area contributed by atoms with Gasteiger partial charge in [0.25, 0.3) is 5.91 Å². The van der Waals surface area contributed by atoms with Gasteiger partial charge in [-0.2, -0.15) is 0 Å². The van der Waals surface area contributed by atoms with Crippen molar-refractivity contribution in [2.45, 2.75) is 25.4 Å². The van der Waals surface area contributed by atoms with Crippen molar-refractivity contribution in [3.63, 3.8) is 0 Å². The Kier molecular flexibility index (Phi) is 7.42. The number of nitrogens with one attached hydrogen (secondary N) is 1. The second-order valence-electron chi connectivity index (χ2n) is 7.80. The SMILES string of the molecule is CN(CCOc1cccc(CNC(=O)c2ccc(-n3cnnn3)cc2)c1)C1CCOCC1. The Morgan fingerprint density at radius 2 is 2.03 bits per heavy atom. The minimum absolute atomic E-state index is 0.141. The van der Waals surface area contributed by atoms with Gasteiger partial charge in [-0.15, -0.1) is 5.10 Å². The summed E-state index contributed by atoms with van der Waals surface area (Å²) in [4.78, 5) is 14.8. The van der Waals surface area contributed by atoms with E-state index in [2.05, 4.69) is 32.8 Å². The quantitative estimate of drug-likeness (QED) is 0.549. The molecule has 0 radical (unpaired) electrons. The number of hydrogen-bond donors (Lipinski definition) is 1. The third kappa shape index (κ3) is 5.89. The molecule has 1 N–H and O–H groups in total. The highest BCUT2D eigenvalue weighted by atomic mass is 16.5. The number of carbonyl (C=O) groups excluding carboxylic acids is 1. The Morgan fingerprint density at radius 1 is 1.22 bits per heavy atom. The Labute approximate surface area is 187 Å². The van der Waals surface area contributed by atoms with Gasteiger partial charge in [0.15, 0.2) is 0 Å². The molecule has 1 aromatic heterocycles. The Hall–Kier alpha value is -3.30. The monoisotopic (exact) mass is 436 g/mol. The lowest BCUT2D eigenvalue weighted by molar-refractivity contribution is 0.0392. The summed E-state index contributed by atoms with van der Waals surface area (Å²) in [7, 11) is 2.14. The maximum absolute atomic E-state index is 12.5. The third-order valence-electron chi connectivity index (χ3n) is 5.62. The van der Waals surface area contributed by atoms with Crippen LogP contribution in [0.3, 0.4) is 0 Å². The molecule has 0 bridgehead atoms. The lowest BCUT2D eigenvalue weighted by Gasteiger charge is -2.31. The van der Waals surface area contributed by atoms with Gasteiger partial charge in [-0.25, -0.2) is 4.68 Å². The number of nitrogens with zero attached hydrogens (tertiary/aromatic N) is 5. The zero-order valence-electron chi connectivity index (χ0n) is 18.2. The largest absolute Gasteiger partial charge is 0.492 e. The molecule has 1 amide bonds. The van der Waals surface area contributed by atoms with Gasteiger partial charge in [-0.3, -0.25) is 9.69 Å². The molecular formula is C23H28N6O3. The first-order valence-corrected chi connectivity index (χ1v) is 10.8. The van der Waals surface area contributed by atoms with Gasteiger partial charge in [0.2, 0.25) is 0 Å². The van der Waals surface area contributed by atoms with E-state index >= 15 is 0 Å². The van der Waals surface area contributed by atoms with Crippen LogP contribution < -0.4 is 10.1 Å².